The van der Waals surface area contributed by atoms with Gasteiger partial charge in [-0.2, -0.15) is 0 Å². The molecule has 1 atom stereocenters. The molecule has 1 saturated heterocycles. The van der Waals surface area contributed by atoms with Gasteiger partial charge in [-0.15, -0.1) is 11.8 Å². The van der Waals surface area contributed by atoms with E-state index in [1.807, 2.05) is 0 Å². The van der Waals surface area contributed by atoms with Crippen LogP contribution in [-0.4, -0.2) is 51.5 Å². The molecular formula is C34H30N4O8S2. The number of imide groups is 1. The first-order valence-corrected chi connectivity index (χ1v) is 16.8. The van der Waals surface area contributed by atoms with E-state index < -0.39 is 38.9 Å². The molecule has 4 amide bonds. The number of hydrogen-bond donors (Lipinski definition) is 3. The van der Waals surface area contributed by atoms with Crippen LogP contribution >= 0.6 is 11.8 Å². The molecule has 0 spiro atoms. The lowest BCUT2D eigenvalue weighted by Crippen LogP contribution is -2.31. The Labute approximate surface area is 281 Å². The molecule has 14 heteroatoms. The van der Waals surface area contributed by atoms with E-state index in [9.17, 15) is 27.6 Å². The maximum Gasteiger partial charge on any atom is 0.272 e. The number of thioether (sulfide) groups is 1. The smallest absolute Gasteiger partial charge is 0.272 e. The van der Waals surface area contributed by atoms with E-state index in [1.54, 1.807) is 72.8 Å². The molecule has 48 heavy (non-hydrogen) atoms. The Morgan fingerprint density at radius 1 is 0.896 bits per heavy atom. The molecule has 0 saturated carbocycles. The van der Waals surface area contributed by atoms with Gasteiger partial charge in [0, 0.05) is 22.6 Å². The van der Waals surface area contributed by atoms with E-state index in [1.165, 1.54) is 56.3 Å². The Morgan fingerprint density at radius 2 is 1.56 bits per heavy atom. The molecule has 1 heterocycles. The fraction of sp³-hybridized carbons (Fsp3) is 0.118. The highest BCUT2D eigenvalue weighted by Crippen LogP contribution is 2.35. The molecule has 0 aromatic heterocycles. The van der Waals surface area contributed by atoms with Gasteiger partial charge in [0.1, 0.15) is 5.70 Å². The standard InChI is InChI=1S/C34H30N4O8S2/c1-45-28-17-8-21(19-29(28)46-2)18-27(37-32(40)22-6-4-3-5-7-22)33(41)36-23-9-13-25(14-10-23)47-30-20-31(39)38(34(30)42)24-11-15-26(16-12-24)48(35,43)44/h3-19,30H,20H2,1-2H3,(H,36,41)(H,37,40)(H2,35,43,44)/b27-18-. The Bertz CT molecular complexity index is 2000. The summed E-state index contributed by atoms with van der Waals surface area (Å²) in [5.41, 5.74) is 1.57. The summed E-state index contributed by atoms with van der Waals surface area (Å²) in [6.07, 6.45) is 1.46. The number of nitrogens with zero attached hydrogens (tertiary/aromatic N) is 1. The predicted octanol–water partition coefficient (Wildman–Crippen LogP) is 4.19. The summed E-state index contributed by atoms with van der Waals surface area (Å²) in [5.74, 6) is -0.980. The fourth-order valence-electron chi connectivity index (χ4n) is 4.78. The van der Waals surface area contributed by atoms with Crippen molar-refractivity contribution in [3.05, 3.63) is 114 Å². The number of nitrogens with one attached hydrogen (secondary N) is 2. The summed E-state index contributed by atoms with van der Waals surface area (Å²) < 4.78 is 33.8. The minimum atomic E-state index is -3.92. The maximum atomic E-state index is 13.5. The van der Waals surface area contributed by atoms with E-state index >= 15 is 0 Å². The van der Waals surface area contributed by atoms with Crippen molar-refractivity contribution in [1.82, 2.24) is 5.32 Å². The first kappa shape index (κ1) is 33.9. The lowest BCUT2D eigenvalue weighted by molar-refractivity contribution is -0.121. The Kier molecular flexibility index (Phi) is 10.3. The van der Waals surface area contributed by atoms with Gasteiger partial charge in [-0.05, 0) is 84.4 Å². The van der Waals surface area contributed by atoms with Crippen molar-refractivity contribution >= 4 is 62.9 Å². The number of amides is 4. The van der Waals surface area contributed by atoms with Gasteiger partial charge < -0.3 is 20.1 Å². The molecule has 246 valence electrons. The van der Waals surface area contributed by atoms with Crippen LogP contribution in [0.15, 0.2) is 113 Å². The number of rotatable bonds is 11. The molecule has 12 nitrogen and oxygen atoms in total. The monoisotopic (exact) mass is 686 g/mol. The third kappa shape index (κ3) is 7.91. The van der Waals surface area contributed by atoms with Crippen LogP contribution in [0.2, 0.25) is 0 Å². The average Bonchev–Trinajstić information content (AvgIpc) is 3.36. The van der Waals surface area contributed by atoms with Gasteiger partial charge in [-0.3, -0.25) is 19.2 Å². The van der Waals surface area contributed by atoms with E-state index in [4.69, 9.17) is 14.6 Å². The third-order valence-electron chi connectivity index (χ3n) is 7.17. The maximum absolute atomic E-state index is 13.5. The van der Waals surface area contributed by atoms with Gasteiger partial charge in [-0.1, -0.05) is 24.3 Å². The molecular weight excluding hydrogens is 657 g/mol. The van der Waals surface area contributed by atoms with E-state index in [0.29, 0.717) is 33.2 Å². The van der Waals surface area contributed by atoms with E-state index in [2.05, 4.69) is 10.6 Å². The van der Waals surface area contributed by atoms with Crippen LogP contribution in [0, 0.1) is 0 Å². The summed E-state index contributed by atoms with van der Waals surface area (Å²) in [6, 6.07) is 25.4. The molecule has 0 bridgehead atoms. The Morgan fingerprint density at radius 3 is 2.19 bits per heavy atom. The Balaban J connectivity index is 1.30. The minimum Gasteiger partial charge on any atom is -0.493 e. The van der Waals surface area contributed by atoms with Crippen LogP contribution in [-0.2, 0) is 24.4 Å². The SMILES string of the molecule is COc1ccc(/C=C(\NC(=O)c2ccccc2)C(=O)Nc2ccc(SC3CC(=O)N(c4ccc(S(N)(=O)=O)cc4)C3=O)cc2)cc1OC. The van der Waals surface area contributed by atoms with Crippen molar-refractivity contribution in [2.24, 2.45) is 5.14 Å². The lowest BCUT2D eigenvalue weighted by Gasteiger charge is -2.15. The summed E-state index contributed by atoms with van der Waals surface area (Å²) in [4.78, 5) is 53.9. The van der Waals surface area contributed by atoms with Gasteiger partial charge in [0.15, 0.2) is 11.5 Å². The number of primary sulfonamides is 1. The molecule has 1 fully saturated rings. The molecule has 0 aliphatic carbocycles. The highest BCUT2D eigenvalue weighted by Gasteiger charge is 2.40. The average molecular weight is 687 g/mol. The molecule has 1 aliphatic heterocycles. The molecule has 5 rings (SSSR count). The van der Waals surface area contributed by atoms with Crippen molar-refractivity contribution in [3.8, 4) is 11.5 Å². The number of anilines is 2. The van der Waals surface area contributed by atoms with Gasteiger partial charge in [-0.25, -0.2) is 18.5 Å². The number of ether oxygens (including phenoxy) is 2. The van der Waals surface area contributed by atoms with Crippen molar-refractivity contribution in [3.63, 3.8) is 0 Å². The third-order valence-corrected chi connectivity index (χ3v) is 9.29. The van der Waals surface area contributed by atoms with Crippen LogP contribution in [0.3, 0.4) is 0 Å². The van der Waals surface area contributed by atoms with Gasteiger partial charge >= 0.3 is 0 Å². The number of hydrogen-bond acceptors (Lipinski definition) is 9. The second-order valence-corrected chi connectivity index (χ2v) is 13.2. The zero-order valence-electron chi connectivity index (χ0n) is 25.7. The van der Waals surface area contributed by atoms with Crippen LogP contribution in [0.1, 0.15) is 22.3 Å². The molecule has 4 N–H and O–H groups in total. The van der Waals surface area contributed by atoms with Crippen LogP contribution < -0.4 is 30.1 Å². The predicted molar refractivity (Wildman–Crippen MR) is 181 cm³/mol. The number of nitrogens with two attached hydrogens (primary N) is 1. The first-order valence-electron chi connectivity index (χ1n) is 14.3. The highest BCUT2D eigenvalue weighted by atomic mass is 32.2. The van der Waals surface area contributed by atoms with E-state index in [0.717, 1.165) is 4.90 Å². The Hall–Kier alpha value is -5.44. The lowest BCUT2D eigenvalue weighted by atomic mass is 10.1. The minimum absolute atomic E-state index is 0.0261. The van der Waals surface area contributed by atoms with Crippen LogP contribution in [0.25, 0.3) is 6.08 Å². The zero-order valence-corrected chi connectivity index (χ0v) is 27.3. The van der Waals surface area contributed by atoms with Crippen molar-refractivity contribution in [2.45, 2.75) is 21.5 Å². The molecule has 0 radical (unpaired) electrons. The van der Waals surface area contributed by atoms with Gasteiger partial charge in [0.2, 0.25) is 21.8 Å². The van der Waals surface area contributed by atoms with E-state index in [-0.39, 0.29) is 22.7 Å². The largest absolute Gasteiger partial charge is 0.493 e. The number of methoxy groups -OCH3 is 2. The highest BCUT2D eigenvalue weighted by molar-refractivity contribution is 8.00. The molecule has 4 aromatic rings. The molecule has 1 aliphatic rings. The van der Waals surface area contributed by atoms with Crippen LogP contribution in [0.4, 0.5) is 11.4 Å². The van der Waals surface area contributed by atoms with Gasteiger partial charge in [0.05, 0.1) is 30.1 Å². The van der Waals surface area contributed by atoms with Crippen LogP contribution in [0.5, 0.6) is 11.5 Å². The summed E-state index contributed by atoms with van der Waals surface area (Å²) >= 11 is 1.19. The van der Waals surface area contributed by atoms with Gasteiger partial charge in [0.25, 0.3) is 11.8 Å². The van der Waals surface area contributed by atoms with Crippen molar-refractivity contribution in [1.29, 1.82) is 0 Å². The second-order valence-electron chi connectivity index (χ2n) is 10.4. The number of benzene rings is 4. The summed E-state index contributed by atoms with van der Waals surface area (Å²) in [7, 11) is -0.921. The second kappa shape index (κ2) is 14.5. The quantitative estimate of drug-likeness (QED) is 0.154. The normalized spacial score (nSPS) is 14.9. The summed E-state index contributed by atoms with van der Waals surface area (Å²) in [6.45, 7) is 0. The number of carbonyl (C=O) groups is 4. The number of sulfonamides is 1. The summed E-state index contributed by atoms with van der Waals surface area (Å²) in [5, 5.41) is 9.90. The molecule has 1 unspecified atom stereocenters. The first-order chi connectivity index (χ1) is 23.0. The van der Waals surface area contributed by atoms with Crippen molar-refractivity contribution < 1.29 is 37.1 Å². The topological polar surface area (TPSA) is 174 Å². The van der Waals surface area contributed by atoms with Crippen molar-refractivity contribution in [2.75, 3.05) is 24.4 Å². The molecule has 4 aromatic carbocycles. The number of carbonyl (C=O) groups excluding carboxylic acids is 4. The fourth-order valence-corrected chi connectivity index (χ4v) is 6.35. The zero-order chi connectivity index (χ0) is 34.4.